The van der Waals surface area contributed by atoms with Crippen molar-refractivity contribution >= 4 is 22.5 Å². The summed E-state index contributed by atoms with van der Waals surface area (Å²) in [5, 5.41) is 9.27. The second kappa shape index (κ2) is 8.09. The zero-order chi connectivity index (χ0) is 22.2. The summed E-state index contributed by atoms with van der Waals surface area (Å²) in [5.41, 5.74) is 2.76. The molecule has 1 aliphatic rings. The molecule has 0 aliphatic carbocycles. The summed E-state index contributed by atoms with van der Waals surface area (Å²) in [6, 6.07) is 13.6. The Morgan fingerprint density at radius 2 is 2.12 bits per heavy atom. The summed E-state index contributed by atoms with van der Waals surface area (Å²) >= 11 is 0. The fourth-order valence-corrected chi connectivity index (χ4v) is 4.39. The van der Waals surface area contributed by atoms with Gasteiger partial charge in [0.2, 0.25) is 5.88 Å². The van der Waals surface area contributed by atoms with Gasteiger partial charge in [0.25, 0.3) is 5.91 Å². The van der Waals surface area contributed by atoms with Crippen LogP contribution in [0.3, 0.4) is 0 Å². The number of carbonyl (C=O) groups is 1. The zero-order valence-corrected chi connectivity index (χ0v) is 17.8. The van der Waals surface area contributed by atoms with E-state index in [2.05, 4.69) is 15.2 Å². The Labute approximate surface area is 188 Å². The molecule has 9 heteroatoms. The van der Waals surface area contributed by atoms with Gasteiger partial charge in [-0.05, 0) is 31.0 Å². The quantitative estimate of drug-likeness (QED) is 0.388. The van der Waals surface area contributed by atoms with Crippen LogP contribution in [0, 0.1) is 0 Å². The summed E-state index contributed by atoms with van der Waals surface area (Å²) in [6.45, 7) is 1.18. The number of rotatable bonds is 6. The number of hydrogen-bond donors (Lipinski definition) is 0. The largest absolute Gasteiger partial charge is 0.477 e. The van der Waals surface area contributed by atoms with Crippen LogP contribution >= 0.6 is 0 Å². The third-order valence-corrected chi connectivity index (χ3v) is 6.03. The van der Waals surface area contributed by atoms with Gasteiger partial charge in [-0.15, -0.1) is 5.10 Å². The van der Waals surface area contributed by atoms with E-state index in [0.717, 1.165) is 42.5 Å². The van der Waals surface area contributed by atoms with Crippen molar-refractivity contribution in [3.05, 3.63) is 66.7 Å². The van der Waals surface area contributed by atoms with E-state index in [1.54, 1.807) is 16.8 Å². The van der Waals surface area contributed by atoms with Gasteiger partial charge in [0, 0.05) is 30.5 Å². The second-order valence-electron chi connectivity index (χ2n) is 8.08. The summed E-state index contributed by atoms with van der Waals surface area (Å²) < 4.78 is 18.5. The molecule has 1 saturated heterocycles. The molecule has 0 N–H and O–H groups in total. The first-order chi connectivity index (χ1) is 16.3. The van der Waals surface area contributed by atoms with Gasteiger partial charge in [0.15, 0.2) is 11.4 Å². The number of benzene rings is 1. The standard InChI is InChI=1S/C24H21N5O4/c30-24(17-13-26-32-15-17)28-10-3-5-18(28)9-11-31-23-8-7-22-25-14-19(29(22)27-23)21-12-16-4-1-2-6-20(16)33-21/h1-2,4,6-8,12-15,18H,3,5,9-11H2. The second-order valence-corrected chi connectivity index (χ2v) is 8.08. The van der Waals surface area contributed by atoms with Gasteiger partial charge in [0.1, 0.15) is 17.5 Å². The molecule has 1 aliphatic heterocycles. The summed E-state index contributed by atoms with van der Waals surface area (Å²) in [6.07, 6.45) is 7.23. The number of ether oxygens (including phenoxy) is 1. The predicted molar refractivity (Wildman–Crippen MR) is 119 cm³/mol. The molecule has 6 rings (SSSR count). The molecule has 33 heavy (non-hydrogen) atoms. The predicted octanol–water partition coefficient (Wildman–Crippen LogP) is 4.20. The Balaban J connectivity index is 1.16. The fraction of sp³-hybridized carbons (Fsp3) is 0.250. The molecule has 4 aromatic heterocycles. The molecular formula is C24H21N5O4. The minimum atomic E-state index is -0.0489. The molecule has 5 heterocycles. The number of likely N-dealkylation sites (tertiary alicyclic amines) is 1. The van der Waals surface area contributed by atoms with Gasteiger partial charge in [-0.25, -0.2) is 9.50 Å². The third-order valence-electron chi connectivity index (χ3n) is 6.03. The summed E-state index contributed by atoms with van der Waals surface area (Å²) in [4.78, 5) is 19.0. The van der Waals surface area contributed by atoms with Crippen molar-refractivity contribution in [3.8, 4) is 17.3 Å². The van der Waals surface area contributed by atoms with Crippen molar-refractivity contribution in [3.63, 3.8) is 0 Å². The molecule has 1 amide bonds. The first-order valence-electron chi connectivity index (χ1n) is 10.9. The number of carbonyl (C=O) groups excluding carboxylic acids is 1. The van der Waals surface area contributed by atoms with Crippen molar-refractivity contribution in [2.24, 2.45) is 0 Å². The highest BCUT2D eigenvalue weighted by atomic mass is 16.5. The van der Waals surface area contributed by atoms with Crippen LogP contribution in [0.15, 0.2) is 70.1 Å². The Kier molecular flexibility index (Phi) is 4.79. The van der Waals surface area contributed by atoms with Gasteiger partial charge in [-0.1, -0.05) is 23.4 Å². The summed E-state index contributed by atoms with van der Waals surface area (Å²) in [5.74, 6) is 1.14. The molecule has 9 nitrogen and oxygen atoms in total. The van der Waals surface area contributed by atoms with E-state index in [-0.39, 0.29) is 11.9 Å². The van der Waals surface area contributed by atoms with Crippen molar-refractivity contribution in [2.75, 3.05) is 13.2 Å². The van der Waals surface area contributed by atoms with E-state index in [9.17, 15) is 4.79 Å². The van der Waals surface area contributed by atoms with Crippen LogP contribution in [0.25, 0.3) is 28.1 Å². The number of aromatic nitrogens is 4. The maximum absolute atomic E-state index is 12.7. The highest BCUT2D eigenvalue weighted by molar-refractivity contribution is 5.93. The number of hydrogen-bond acceptors (Lipinski definition) is 7. The van der Waals surface area contributed by atoms with Crippen molar-refractivity contribution in [2.45, 2.75) is 25.3 Å². The molecule has 166 valence electrons. The molecule has 0 spiro atoms. The lowest BCUT2D eigenvalue weighted by Gasteiger charge is -2.24. The van der Waals surface area contributed by atoms with E-state index in [1.165, 1.54) is 12.5 Å². The lowest BCUT2D eigenvalue weighted by Crippen LogP contribution is -2.36. The van der Waals surface area contributed by atoms with Gasteiger partial charge >= 0.3 is 0 Å². The molecule has 1 unspecified atom stereocenters. The topological polar surface area (TPSA) is 98.9 Å². The van der Waals surface area contributed by atoms with Crippen LogP contribution < -0.4 is 4.74 Å². The average Bonchev–Trinajstić information content (AvgIpc) is 3.64. The van der Waals surface area contributed by atoms with Gasteiger partial charge in [-0.3, -0.25) is 4.79 Å². The van der Waals surface area contributed by atoms with Gasteiger partial charge in [0.05, 0.1) is 24.6 Å². The first-order valence-corrected chi connectivity index (χ1v) is 10.9. The third kappa shape index (κ3) is 3.61. The van der Waals surface area contributed by atoms with Crippen LogP contribution in [-0.4, -0.2) is 49.8 Å². The first kappa shape index (κ1) is 19.5. The van der Waals surface area contributed by atoms with Crippen molar-refractivity contribution in [1.82, 2.24) is 24.7 Å². The number of imidazole rings is 1. The highest BCUT2D eigenvalue weighted by Crippen LogP contribution is 2.28. The molecule has 1 aromatic carbocycles. The Bertz CT molecular complexity index is 1390. The van der Waals surface area contributed by atoms with Gasteiger partial charge in [-0.2, -0.15) is 0 Å². The van der Waals surface area contributed by atoms with Crippen LogP contribution in [-0.2, 0) is 0 Å². The van der Waals surface area contributed by atoms with Crippen LogP contribution in [0.1, 0.15) is 29.6 Å². The highest BCUT2D eigenvalue weighted by Gasteiger charge is 2.30. The van der Waals surface area contributed by atoms with E-state index in [1.807, 2.05) is 41.3 Å². The lowest BCUT2D eigenvalue weighted by molar-refractivity contribution is 0.0718. The molecule has 0 radical (unpaired) electrons. The SMILES string of the molecule is O=C(c1cnoc1)N1CCCC1CCOc1ccc2ncc(-c3cc4ccccc4o3)n2n1. The molecule has 1 atom stereocenters. The van der Waals surface area contributed by atoms with Crippen molar-refractivity contribution in [1.29, 1.82) is 0 Å². The maximum Gasteiger partial charge on any atom is 0.259 e. The Morgan fingerprint density at radius 1 is 1.18 bits per heavy atom. The van der Waals surface area contributed by atoms with Crippen LogP contribution in [0.5, 0.6) is 5.88 Å². The Morgan fingerprint density at radius 3 is 3.00 bits per heavy atom. The molecule has 0 bridgehead atoms. The Hall–Kier alpha value is -4.14. The molecular weight excluding hydrogens is 422 g/mol. The number of fused-ring (bicyclic) bond motifs is 2. The number of amides is 1. The monoisotopic (exact) mass is 443 g/mol. The van der Waals surface area contributed by atoms with E-state index >= 15 is 0 Å². The normalized spacial score (nSPS) is 16.1. The maximum atomic E-state index is 12.7. The minimum absolute atomic E-state index is 0.0489. The fourth-order valence-electron chi connectivity index (χ4n) is 4.39. The van der Waals surface area contributed by atoms with Crippen LogP contribution in [0.4, 0.5) is 0 Å². The summed E-state index contributed by atoms with van der Waals surface area (Å²) in [7, 11) is 0. The molecule has 5 aromatic rings. The number of para-hydroxylation sites is 1. The molecule has 1 fully saturated rings. The number of furan rings is 1. The number of nitrogens with zero attached hydrogens (tertiary/aromatic N) is 5. The average molecular weight is 443 g/mol. The van der Waals surface area contributed by atoms with Gasteiger partial charge < -0.3 is 18.6 Å². The van der Waals surface area contributed by atoms with E-state index in [4.69, 9.17) is 13.7 Å². The van der Waals surface area contributed by atoms with E-state index in [0.29, 0.717) is 29.5 Å². The van der Waals surface area contributed by atoms with E-state index < -0.39 is 0 Å². The minimum Gasteiger partial charge on any atom is -0.477 e. The smallest absolute Gasteiger partial charge is 0.259 e. The zero-order valence-electron chi connectivity index (χ0n) is 17.8. The van der Waals surface area contributed by atoms with Crippen LogP contribution in [0.2, 0.25) is 0 Å². The lowest BCUT2D eigenvalue weighted by atomic mass is 10.1. The molecule has 0 saturated carbocycles. The van der Waals surface area contributed by atoms with Crippen molar-refractivity contribution < 1.29 is 18.5 Å².